The molecule has 3 N–H and O–H groups in total. The molecule has 0 aliphatic rings. The van der Waals surface area contributed by atoms with Crippen LogP contribution < -0.4 is 5.32 Å². The molecule has 0 fully saturated rings. The molecule has 9 nitrogen and oxygen atoms in total. The molecule has 1 heterocycles. The molecule has 0 unspecified atom stereocenters. The molecular formula is C36H36N4O5. The van der Waals surface area contributed by atoms with Gasteiger partial charge in [0, 0.05) is 18.5 Å². The summed E-state index contributed by atoms with van der Waals surface area (Å²) in [6.45, 7) is 4.49. The Morgan fingerprint density at radius 2 is 1.69 bits per heavy atom. The van der Waals surface area contributed by atoms with Crippen LogP contribution in [0.5, 0.6) is 0 Å². The minimum Gasteiger partial charge on any atom is -0.478 e. The number of carbonyl (C=O) groups is 3. The molecule has 5 aromatic rings. The van der Waals surface area contributed by atoms with E-state index in [-0.39, 0.29) is 18.0 Å². The van der Waals surface area contributed by atoms with E-state index in [0.717, 1.165) is 52.0 Å². The van der Waals surface area contributed by atoms with E-state index in [1.165, 1.54) is 0 Å². The summed E-state index contributed by atoms with van der Waals surface area (Å²) in [4.78, 5) is 41.4. The van der Waals surface area contributed by atoms with Gasteiger partial charge in [-0.2, -0.15) is 0 Å². The van der Waals surface area contributed by atoms with Gasteiger partial charge in [-0.15, -0.1) is 0 Å². The second kappa shape index (κ2) is 14.0. The largest absolute Gasteiger partial charge is 0.478 e. The molecule has 0 aliphatic carbocycles. The Bertz CT molecular complexity index is 1820. The molecule has 2 amide bonds. The summed E-state index contributed by atoms with van der Waals surface area (Å²) in [6.07, 6.45) is 2.42. The predicted molar refractivity (Wildman–Crippen MR) is 172 cm³/mol. The highest BCUT2D eigenvalue weighted by molar-refractivity contribution is 5.99. The minimum absolute atomic E-state index is 0.0587. The molecule has 5 rings (SSSR count). The highest BCUT2D eigenvalue weighted by atomic mass is 16.5. The van der Waals surface area contributed by atoms with Crippen LogP contribution in [0.2, 0.25) is 0 Å². The molecule has 0 saturated carbocycles. The van der Waals surface area contributed by atoms with Crippen molar-refractivity contribution in [3.8, 4) is 11.1 Å². The monoisotopic (exact) mass is 604 g/mol. The summed E-state index contributed by atoms with van der Waals surface area (Å²) in [7, 11) is 0. The van der Waals surface area contributed by atoms with E-state index < -0.39 is 12.0 Å². The van der Waals surface area contributed by atoms with Gasteiger partial charge in [0.2, 0.25) is 6.41 Å². The van der Waals surface area contributed by atoms with E-state index in [9.17, 15) is 24.7 Å². The Hall–Kier alpha value is -5.28. The zero-order valence-electron chi connectivity index (χ0n) is 25.3. The van der Waals surface area contributed by atoms with Gasteiger partial charge in [-0.1, -0.05) is 79.7 Å². The number of nitrogens with one attached hydrogen (secondary N) is 1. The molecular weight excluding hydrogens is 568 g/mol. The molecule has 0 aliphatic heterocycles. The van der Waals surface area contributed by atoms with Gasteiger partial charge >= 0.3 is 5.97 Å². The average molecular weight is 605 g/mol. The first-order chi connectivity index (χ1) is 21.8. The number of aromatic carboxylic acids is 1. The fraction of sp³-hybridized carbons (Fsp3) is 0.222. The lowest BCUT2D eigenvalue weighted by Gasteiger charge is -2.22. The van der Waals surface area contributed by atoms with Crippen molar-refractivity contribution in [1.82, 2.24) is 19.9 Å². The van der Waals surface area contributed by atoms with E-state index in [4.69, 9.17) is 4.98 Å². The number of nitrogens with zero attached hydrogens (tertiary/aromatic N) is 3. The summed E-state index contributed by atoms with van der Waals surface area (Å²) < 4.78 is 2.13. The van der Waals surface area contributed by atoms with Crippen molar-refractivity contribution in [2.75, 3.05) is 6.54 Å². The number of fused-ring (bicyclic) bond motifs is 1. The maximum atomic E-state index is 13.6. The molecule has 1 aromatic heterocycles. The normalized spacial score (nSPS) is 11.7. The lowest BCUT2D eigenvalue weighted by Crippen LogP contribution is -2.44. The fourth-order valence-electron chi connectivity index (χ4n) is 5.65. The van der Waals surface area contributed by atoms with E-state index >= 15 is 0 Å². The van der Waals surface area contributed by atoms with Crippen LogP contribution in [-0.4, -0.2) is 55.8 Å². The van der Waals surface area contributed by atoms with Gasteiger partial charge in [0.15, 0.2) is 0 Å². The number of rotatable bonds is 13. The van der Waals surface area contributed by atoms with Gasteiger partial charge in [0.05, 0.1) is 29.2 Å². The molecule has 0 saturated heterocycles. The molecule has 1 atom stereocenters. The highest BCUT2D eigenvalue weighted by Crippen LogP contribution is 2.27. The first-order valence-electron chi connectivity index (χ1n) is 14.9. The Morgan fingerprint density at radius 1 is 0.978 bits per heavy atom. The fourth-order valence-corrected chi connectivity index (χ4v) is 5.65. The minimum atomic E-state index is -0.970. The van der Waals surface area contributed by atoms with E-state index in [1.807, 2.05) is 79.7 Å². The van der Waals surface area contributed by atoms with Crippen LogP contribution in [0.1, 0.15) is 56.6 Å². The molecule has 0 bridgehead atoms. The average Bonchev–Trinajstić information content (AvgIpc) is 3.39. The molecule has 45 heavy (non-hydrogen) atoms. The summed E-state index contributed by atoms with van der Waals surface area (Å²) >= 11 is 0. The van der Waals surface area contributed by atoms with Gasteiger partial charge < -0.3 is 15.0 Å². The molecule has 0 radical (unpaired) electrons. The zero-order valence-corrected chi connectivity index (χ0v) is 25.3. The summed E-state index contributed by atoms with van der Waals surface area (Å²) in [6, 6.07) is 27.5. The van der Waals surface area contributed by atoms with Crippen LogP contribution in [0.25, 0.3) is 22.2 Å². The lowest BCUT2D eigenvalue weighted by atomic mass is 9.98. The Morgan fingerprint density at radius 3 is 2.38 bits per heavy atom. The Labute approximate surface area is 261 Å². The van der Waals surface area contributed by atoms with Crippen LogP contribution in [0.4, 0.5) is 0 Å². The number of amides is 2. The van der Waals surface area contributed by atoms with Crippen LogP contribution in [0, 0.1) is 6.92 Å². The maximum Gasteiger partial charge on any atom is 0.336 e. The van der Waals surface area contributed by atoms with Crippen molar-refractivity contribution in [2.24, 2.45) is 0 Å². The number of imidazole rings is 1. The highest BCUT2D eigenvalue weighted by Gasteiger charge is 2.20. The molecule has 0 spiro atoms. The van der Waals surface area contributed by atoms with Crippen molar-refractivity contribution in [3.63, 3.8) is 0 Å². The number of benzene rings is 4. The van der Waals surface area contributed by atoms with Gasteiger partial charge in [0.1, 0.15) is 5.82 Å². The van der Waals surface area contributed by atoms with Crippen LogP contribution in [0.15, 0.2) is 91.0 Å². The quantitative estimate of drug-likeness (QED) is 0.0873. The molecule has 230 valence electrons. The second-order valence-corrected chi connectivity index (χ2v) is 11.2. The second-order valence-electron chi connectivity index (χ2n) is 11.2. The van der Waals surface area contributed by atoms with E-state index in [2.05, 4.69) is 16.8 Å². The zero-order chi connectivity index (χ0) is 31.9. The van der Waals surface area contributed by atoms with E-state index in [1.54, 1.807) is 18.2 Å². The Balaban J connectivity index is 1.45. The number of carboxylic acid groups (broad SMARTS) is 1. The third-order valence-corrected chi connectivity index (χ3v) is 7.81. The predicted octanol–water partition coefficient (Wildman–Crippen LogP) is 5.90. The standard InChI is InChI=1S/C36H36N4O5/c1-3-9-33-38-34-24(2)18-28(35(42)37-29(22-39(45)23-41)19-25-10-5-4-6-11-25)20-32(34)40(33)21-26-14-16-27(17-15-26)30-12-7-8-13-31(30)36(43)44/h4-8,10-18,20,23,29,45H,3,9,19,21-22H2,1-2H3,(H,37,42)(H,43,44)/t29-/m1/s1. The van der Waals surface area contributed by atoms with Crippen LogP contribution in [0.3, 0.4) is 0 Å². The first-order valence-corrected chi connectivity index (χ1v) is 14.9. The van der Waals surface area contributed by atoms with Crippen molar-refractivity contribution in [1.29, 1.82) is 0 Å². The first kappa shape index (κ1) is 31.2. The summed E-state index contributed by atoms with van der Waals surface area (Å²) in [5, 5.41) is 23.1. The van der Waals surface area contributed by atoms with Gasteiger partial charge in [-0.25, -0.2) is 14.8 Å². The number of hydrogen-bond donors (Lipinski definition) is 3. The number of carboxylic acids is 1. The summed E-state index contributed by atoms with van der Waals surface area (Å²) in [5.41, 5.74) is 6.68. The third-order valence-electron chi connectivity index (χ3n) is 7.81. The van der Waals surface area contributed by atoms with Crippen molar-refractivity contribution < 1.29 is 24.7 Å². The summed E-state index contributed by atoms with van der Waals surface area (Å²) in [5.74, 6) is -0.369. The smallest absolute Gasteiger partial charge is 0.336 e. The Kier molecular flexibility index (Phi) is 9.70. The van der Waals surface area contributed by atoms with Gasteiger partial charge in [-0.3, -0.25) is 14.8 Å². The van der Waals surface area contributed by atoms with E-state index in [0.29, 0.717) is 35.6 Å². The van der Waals surface area contributed by atoms with Crippen molar-refractivity contribution in [3.05, 3.63) is 125 Å². The SMILES string of the molecule is CCCc1nc2c(C)cc(C(=O)N[C@H](Cc3ccccc3)CN(O)C=O)cc2n1Cc1ccc(-c2ccccc2C(=O)O)cc1. The number of aromatic nitrogens is 2. The van der Waals surface area contributed by atoms with Crippen LogP contribution in [-0.2, 0) is 24.2 Å². The number of carbonyl (C=O) groups excluding carboxylic acids is 2. The molecule has 9 heteroatoms. The van der Waals surface area contributed by atoms with Crippen LogP contribution >= 0.6 is 0 Å². The van der Waals surface area contributed by atoms with Crippen molar-refractivity contribution in [2.45, 2.75) is 45.7 Å². The number of hydrogen-bond acceptors (Lipinski definition) is 5. The number of hydroxylamine groups is 2. The van der Waals surface area contributed by atoms with Gasteiger partial charge in [0.25, 0.3) is 5.91 Å². The lowest BCUT2D eigenvalue weighted by molar-refractivity contribution is -0.150. The molecule has 4 aromatic carbocycles. The third kappa shape index (κ3) is 7.27. The number of aryl methyl sites for hydroxylation is 2. The topological polar surface area (TPSA) is 125 Å². The van der Waals surface area contributed by atoms with Gasteiger partial charge in [-0.05, 0) is 65.8 Å². The maximum absolute atomic E-state index is 13.6. The van der Waals surface area contributed by atoms with Crippen molar-refractivity contribution >= 4 is 29.3 Å².